The van der Waals surface area contributed by atoms with Crippen molar-refractivity contribution in [2.75, 3.05) is 4.90 Å². The smallest absolute Gasteiger partial charge is 0.0561 e. The van der Waals surface area contributed by atoms with Crippen LogP contribution in [0.1, 0.15) is 25.0 Å². The Hall–Kier alpha value is -5.60. The lowest BCUT2D eigenvalue weighted by Gasteiger charge is -2.27. The van der Waals surface area contributed by atoms with Crippen LogP contribution < -0.4 is 4.90 Å². The lowest BCUT2D eigenvalue weighted by Crippen LogP contribution is -2.16. The first-order chi connectivity index (χ1) is 22.1. The van der Waals surface area contributed by atoms with Gasteiger partial charge < -0.3 is 9.47 Å². The molecule has 0 saturated heterocycles. The van der Waals surface area contributed by atoms with Gasteiger partial charge in [-0.25, -0.2) is 0 Å². The van der Waals surface area contributed by atoms with Crippen LogP contribution in [0.15, 0.2) is 158 Å². The standard InChI is InChI=1S/C43H32N2/c1-43(2)39-19-11-9-17-34(39)37-25-22-29-21-23-32(27-38(29)42(37)43)44(30-13-5-3-6-14-30)33-24-26-36-35-18-10-12-20-40(35)45(41(36)28-33)31-15-7-4-8-16-31/h3-28H,1-2H3. The number of para-hydroxylation sites is 3. The molecule has 0 N–H and O–H groups in total. The summed E-state index contributed by atoms with van der Waals surface area (Å²) >= 11 is 0. The van der Waals surface area contributed by atoms with Crippen LogP contribution in [0.2, 0.25) is 0 Å². The van der Waals surface area contributed by atoms with E-state index in [2.05, 4.69) is 181 Å². The van der Waals surface area contributed by atoms with Gasteiger partial charge in [0.25, 0.3) is 0 Å². The average Bonchev–Trinajstić information content (AvgIpc) is 3.54. The number of benzene rings is 7. The minimum atomic E-state index is -0.0861. The summed E-state index contributed by atoms with van der Waals surface area (Å²) in [7, 11) is 0. The Bertz CT molecular complexity index is 2400. The molecule has 0 unspecified atom stereocenters. The number of fused-ring (bicyclic) bond motifs is 8. The van der Waals surface area contributed by atoms with Crippen LogP contribution in [0.4, 0.5) is 17.1 Å². The van der Waals surface area contributed by atoms with Crippen LogP contribution in [0, 0.1) is 0 Å². The van der Waals surface area contributed by atoms with E-state index in [1.54, 1.807) is 0 Å². The molecule has 8 aromatic rings. The van der Waals surface area contributed by atoms with E-state index in [1.807, 2.05) is 0 Å². The van der Waals surface area contributed by atoms with Gasteiger partial charge in [0, 0.05) is 38.9 Å². The maximum Gasteiger partial charge on any atom is 0.0561 e. The van der Waals surface area contributed by atoms with Crippen LogP contribution in [0.25, 0.3) is 49.4 Å². The summed E-state index contributed by atoms with van der Waals surface area (Å²) in [5.41, 5.74) is 12.4. The van der Waals surface area contributed by atoms with Crippen molar-refractivity contribution in [2.24, 2.45) is 0 Å². The van der Waals surface area contributed by atoms with E-state index in [0.717, 1.165) is 22.7 Å². The summed E-state index contributed by atoms with van der Waals surface area (Å²) in [6.45, 7) is 4.74. The Balaban J connectivity index is 1.30. The molecule has 9 rings (SSSR count). The van der Waals surface area contributed by atoms with E-state index in [4.69, 9.17) is 0 Å². The zero-order valence-corrected chi connectivity index (χ0v) is 25.4. The monoisotopic (exact) mass is 576 g/mol. The molecule has 2 nitrogen and oxygen atoms in total. The first kappa shape index (κ1) is 25.9. The number of hydrogen-bond donors (Lipinski definition) is 0. The van der Waals surface area contributed by atoms with Crippen LogP contribution in [-0.4, -0.2) is 4.57 Å². The highest BCUT2D eigenvalue weighted by atomic mass is 15.1. The number of anilines is 3. The molecule has 1 heterocycles. The summed E-state index contributed by atoms with van der Waals surface area (Å²) < 4.78 is 2.39. The van der Waals surface area contributed by atoms with Gasteiger partial charge in [-0.1, -0.05) is 117 Å². The summed E-state index contributed by atoms with van der Waals surface area (Å²) in [5, 5.41) is 5.09. The molecule has 214 valence electrons. The van der Waals surface area contributed by atoms with E-state index in [1.165, 1.54) is 54.8 Å². The maximum atomic E-state index is 2.41. The van der Waals surface area contributed by atoms with Crippen LogP contribution in [0.3, 0.4) is 0 Å². The van der Waals surface area contributed by atoms with Crippen molar-refractivity contribution in [1.29, 1.82) is 0 Å². The molecule has 0 saturated carbocycles. The van der Waals surface area contributed by atoms with Gasteiger partial charge >= 0.3 is 0 Å². The molecule has 1 aromatic heterocycles. The van der Waals surface area contributed by atoms with Gasteiger partial charge in [-0.15, -0.1) is 0 Å². The molecule has 0 spiro atoms. The van der Waals surface area contributed by atoms with E-state index >= 15 is 0 Å². The van der Waals surface area contributed by atoms with E-state index in [0.29, 0.717) is 0 Å². The third-order valence-electron chi connectivity index (χ3n) is 9.72. The highest BCUT2D eigenvalue weighted by molar-refractivity contribution is 6.10. The Morgan fingerprint density at radius 2 is 1.11 bits per heavy atom. The Morgan fingerprint density at radius 1 is 0.467 bits per heavy atom. The fraction of sp³-hybridized carbons (Fsp3) is 0.0698. The summed E-state index contributed by atoms with van der Waals surface area (Å²) in [4.78, 5) is 2.40. The lowest BCUT2D eigenvalue weighted by molar-refractivity contribution is 0.666. The third kappa shape index (κ3) is 3.82. The SMILES string of the molecule is CC1(C)c2ccccc2-c2ccc3ccc(N(c4ccccc4)c4ccc5c6ccccc6n(-c6ccccc6)c5c4)cc3c21. The Labute approximate surface area is 263 Å². The highest BCUT2D eigenvalue weighted by Gasteiger charge is 2.36. The van der Waals surface area contributed by atoms with Gasteiger partial charge in [0.05, 0.1) is 11.0 Å². The lowest BCUT2D eigenvalue weighted by atomic mass is 9.80. The molecule has 0 atom stereocenters. The zero-order valence-electron chi connectivity index (χ0n) is 25.4. The van der Waals surface area contributed by atoms with Crippen molar-refractivity contribution in [3.8, 4) is 16.8 Å². The number of hydrogen-bond acceptors (Lipinski definition) is 1. The van der Waals surface area contributed by atoms with Crippen molar-refractivity contribution < 1.29 is 0 Å². The van der Waals surface area contributed by atoms with Crippen LogP contribution >= 0.6 is 0 Å². The largest absolute Gasteiger partial charge is 0.310 e. The molecular formula is C43H32N2. The van der Waals surface area contributed by atoms with Crippen LogP contribution in [0.5, 0.6) is 0 Å². The van der Waals surface area contributed by atoms with Crippen molar-refractivity contribution in [3.05, 3.63) is 169 Å². The molecular weight excluding hydrogens is 544 g/mol. The molecule has 0 radical (unpaired) electrons. The summed E-state index contributed by atoms with van der Waals surface area (Å²) in [6, 6.07) is 57.5. The van der Waals surface area contributed by atoms with Gasteiger partial charge in [-0.05, 0) is 87.6 Å². The Morgan fingerprint density at radius 3 is 1.96 bits per heavy atom. The zero-order chi connectivity index (χ0) is 30.1. The molecule has 0 bridgehead atoms. The van der Waals surface area contributed by atoms with Gasteiger partial charge in [0.15, 0.2) is 0 Å². The predicted octanol–water partition coefficient (Wildman–Crippen LogP) is 11.7. The van der Waals surface area contributed by atoms with Crippen molar-refractivity contribution in [3.63, 3.8) is 0 Å². The molecule has 0 aliphatic heterocycles. The number of rotatable bonds is 4. The fourth-order valence-corrected chi connectivity index (χ4v) is 7.72. The molecule has 0 amide bonds. The first-order valence-electron chi connectivity index (χ1n) is 15.7. The van der Waals surface area contributed by atoms with Gasteiger partial charge in [-0.2, -0.15) is 0 Å². The Kier molecular flexibility index (Phi) is 5.58. The molecule has 1 aliphatic carbocycles. The second-order valence-corrected chi connectivity index (χ2v) is 12.6. The maximum absolute atomic E-state index is 2.41. The highest BCUT2D eigenvalue weighted by Crippen LogP contribution is 2.52. The van der Waals surface area contributed by atoms with Crippen molar-refractivity contribution in [1.82, 2.24) is 4.57 Å². The molecule has 7 aromatic carbocycles. The van der Waals surface area contributed by atoms with Gasteiger partial charge in [0.2, 0.25) is 0 Å². The van der Waals surface area contributed by atoms with Gasteiger partial charge in [-0.3, -0.25) is 0 Å². The predicted molar refractivity (Wildman–Crippen MR) is 191 cm³/mol. The molecule has 1 aliphatic rings. The van der Waals surface area contributed by atoms with Crippen LogP contribution in [-0.2, 0) is 5.41 Å². The minimum absolute atomic E-state index is 0.0861. The van der Waals surface area contributed by atoms with Gasteiger partial charge in [0.1, 0.15) is 0 Å². The first-order valence-corrected chi connectivity index (χ1v) is 15.7. The number of aromatic nitrogens is 1. The molecule has 0 fully saturated rings. The summed E-state index contributed by atoms with van der Waals surface area (Å²) in [5.74, 6) is 0. The normalized spacial score (nSPS) is 13.3. The van der Waals surface area contributed by atoms with E-state index in [9.17, 15) is 0 Å². The molecule has 2 heteroatoms. The second-order valence-electron chi connectivity index (χ2n) is 12.6. The minimum Gasteiger partial charge on any atom is -0.310 e. The summed E-state index contributed by atoms with van der Waals surface area (Å²) in [6.07, 6.45) is 0. The van der Waals surface area contributed by atoms with Crippen molar-refractivity contribution in [2.45, 2.75) is 19.3 Å². The second kappa shape index (κ2) is 9.70. The topological polar surface area (TPSA) is 8.17 Å². The number of nitrogens with zero attached hydrogens (tertiary/aromatic N) is 2. The quantitative estimate of drug-likeness (QED) is 0.202. The average molecular weight is 577 g/mol. The molecule has 45 heavy (non-hydrogen) atoms. The van der Waals surface area contributed by atoms with E-state index in [-0.39, 0.29) is 5.41 Å². The van der Waals surface area contributed by atoms with Crippen molar-refractivity contribution >= 4 is 49.6 Å². The fourth-order valence-electron chi connectivity index (χ4n) is 7.72. The third-order valence-corrected chi connectivity index (χ3v) is 9.72. The van der Waals surface area contributed by atoms with E-state index < -0.39 is 0 Å².